The predicted molar refractivity (Wildman–Crippen MR) is 90.3 cm³/mol. The molecule has 0 radical (unpaired) electrons. The number of nitrogens with one attached hydrogen (secondary N) is 1. The first-order valence-electron chi connectivity index (χ1n) is 7.75. The zero-order chi connectivity index (χ0) is 19.4. The summed E-state index contributed by atoms with van der Waals surface area (Å²) in [4.78, 5) is 20.2. The van der Waals surface area contributed by atoms with Gasteiger partial charge in [0, 0.05) is 5.38 Å². The summed E-state index contributed by atoms with van der Waals surface area (Å²) in [6, 6.07) is 4.46. The summed E-state index contributed by atoms with van der Waals surface area (Å²) in [5, 5.41) is 5.39. The Bertz CT molecular complexity index is 937. The number of oxazole rings is 1. The van der Waals surface area contributed by atoms with Crippen LogP contribution in [0.4, 0.5) is 13.2 Å². The normalized spacial score (nSPS) is 11.4. The van der Waals surface area contributed by atoms with Gasteiger partial charge in [0.15, 0.2) is 12.3 Å². The molecule has 1 amide bonds. The minimum atomic E-state index is -4.45. The van der Waals surface area contributed by atoms with E-state index in [2.05, 4.69) is 15.3 Å². The van der Waals surface area contributed by atoms with E-state index in [1.54, 1.807) is 0 Å². The Labute approximate surface area is 156 Å². The predicted octanol–water partition coefficient (Wildman–Crippen LogP) is 3.97. The van der Waals surface area contributed by atoms with E-state index in [1.165, 1.54) is 23.5 Å². The highest BCUT2D eigenvalue weighted by Crippen LogP contribution is 2.31. The van der Waals surface area contributed by atoms with Crippen LogP contribution in [0.3, 0.4) is 0 Å². The Morgan fingerprint density at radius 3 is 2.85 bits per heavy atom. The van der Waals surface area contributed by atoms with Crippen molar-refractivity contribution in [3.8, 4) is 5.75 Å². The van der Waals surface area contributed by atoms with Crippen LogP contribution in [-0.4, -0.2) is 15.9 Å². The van der Waals surface area contributed by atoms with Crippen molar-refractivity contribution >= 4 is 17.2 Å². The number of nitrogens with zero attached hydrogens (tertiary/aromatic N) is 2. The maximum atomic E-state index is 12.7. The molecule has 0 fully saturated rings. The average Bonchev–Trinajstić information content (AvgIpc) is 3.26. The molecule has 10 heteroatoms. The molecule has 27 heavy (non-hydrogen) atoms. The molecule has 142 valence electrons. The Morgan fingerprint density at radius 2 is 2.15 bits per heavy atom. The van der Waals surface area contributed by atoms with Gasteiger partial charge in [-0.2, -0.15) is 13.2 Å². The van der Waals surface area contributed by atoms with Gasteiger partial charge in [0.05, 0.1) is 22.8 Å². The van der Waals surface area contributed by atoms with Crippen molar-refractivity contribution in [1.82, 2.24) is 15.3 Å². The van der Waals surface area contributed by atoms with Crippen molar-refractivity contribution in [1.29, 1.82) is 0 Å². The van der Waals surface area contributed by atoms with Crippen LogP contribution in [0.5, 0.6) is 5.75 Å². The molecular weight excluding hydrogens is 383 g/mol. The van der Waals surface area contributed by atoms with Gasteiger partial charge in [0.2, 0.25) is 5.89 Å². The molecule has 0 unspecified atom stereocenters. The van der Waals surface area contributed by atoms with E-state index in [-0.39, 0.29) is 30.5 Å². The summed E-state index contributed by atoms with van der Waals surface area (Å²) in [5.74, 6) is -0.357. The zero-order valence-electron chi connectivity index (χ0n) is 14.0. The number of thiazole rings is 1. The molecule has 0 aliphatic rings. The molecule has 0 bridgehead atoms. The summed E-state index contributed by atoms with van der Waals surface area (Å²) in [6.45, 7) is 1.91. The lowest BCUT2D eigenvalue weighted by atomic mass is 10.2. The number of benzene rings is 1. The van der Waals surface area contributed by atoms with Gasteiger partial charge in [-0.1, -0.05) is 6.07 Å². The molecule has 0 spiro atoms. The SMILES string of the molecule is Cc1nc(CNC(=O)c2coc(COc3cccc(C(F)(F)F)c3)n2)cs1. The molecule has 3 aromatic rings. The molecule has 1 N–H and O–H groups in total. The summed E-state index contributed by atoms with van der Waals surface area (Å²) in [6.07, 6.45) is -3.30. The van der Waals surface area contributed by atoms with Gasteiger partial charge < -0.3 is 14.5 Å². The molecule has 2 heterocycles. The van der Waals surface area contributed by atoms with Crippen molar-refractivity contribution in [2.75, 3.05) is 0 Å². The Hall–Kier alpha value is -2.88. The summed E-state index contributed by atoms with van der Waals surface area (Å²) in [7, 11) is 0. The monoisotopic (exact) mass is 397 g/mol. The Kier molecular flexibility index (Phi) is 5.45. The van der Waals surface area contributed by atoms with Crippen LogP contribution in [0.25, 0.3) is 0 Å². The summed E-state index contributed by atoms with van der Waals surface area (Å²) >= 11 is 1.48. The highest BCUT2D eigenvalue weighted by atomic mass is 32.1. The fourth-order valence-corrected chi connectivity index (χ4v) is 2.75. The molecule has 2 aromatic heterocycles. The fourth-order valence-electron chi connectivity index (χ4n) is 2.14. The fraction of sp³-hybridized carbons (Fsp3) is 0.235. The number of hydrogen-bond acceptors (Lipinski definition) is 6. The number of rotatable bonds is 6. The zero-order valence-corrected chi connectivity index (χ0v) is 14.9. The van der Waals surface area contributed by atoms with Gasteiger partial charge >= 0.3 is 6.18 Å². The van der Waals surface area contributed by atoms with Crippen LogP contribution in [-0.2, 0) is 19.3 Å². The molecule has 0 aliphatic carbocycles. The quantitative estimate of drug-likeness (QED) is 0.681. The van der Waals surface area contributed by atoms with Gasteiger partial charge in [0.25, 0.3) is 5.91 Å². The smallest absolute Gasteiger partial charge is 0.416 e. The van der Waals surface area contributed by atoms with Gasteiger partial charge in [-0.15, -0.1) is 11.3 Å². The topological polar surface area (TPSA) is 77.2 Å². The highest BCUT2D eigenvalue weighted by Gasteiger charge is 2.30. The van der Waals surface area contributed by atoms with Crippen molar-refractivity contribution in [2.45, 2.75) is 26.3 Å². The minimum Gasteiger partial charge on any atom is -0.484 e. The summed E-state index contributed by atoms with van der Waals surface area (Å²) in [5.41, 5.74) is -0.0308. The van der Waals surface area contributed by atoms with Gasteiger partial charge in [0.1, 0.15) is 12.0 Å². The van der Waals surface area contributed by atoms with E-state index in [0.29, 0.717) is 0 Å². The average molecular weight is 397 g/mol. The second-order valence-electron chi connectivity index (χ2n) is 5.48. The van der Waals surface area contributed by atoms with E-state index in [4.69, 9.17) is 9.15 Å². The van der Waals surface area contributed by atoms with Crippen molar-refractivity contribution < 1.29 is 27.1 Å². The molecular formula is C17H14F3N3O3S. The standard InChI is InChI=1S/C17H14F3N3O3S/c1-10-22-12(9-27-10)6-21-16(24)14-7-26-15(23-14)8-25-13-4-2-3-11(5-13)17(18,19)20/h2-5,7,9H,6,8H2,1H3,(H,21,24). The van der Waals surface area contributed by atoms with Crippen molar-refractivity contribution in [3.05, 3.63) is 63.8 Å². The van der Waals surface area contributed by atoms with Crippen LogP contribution >= 0.6 is 11.3 Å². The Morgan fingerprint density at radius 1 is 1.33 bits per heavy atom. The van der Waals surface area contributed by atoms with E-state index in [0.717, 1.165) is 29.1 Å². The number of carbonyl (C=O) groups excluding carboxylic acids is 1. The molecule has 0 saturated heterocycles. The third-order valence-corrected chi connectivity index (χ3v) is 4.23. The number of ether oxygens (including phenoxy) is 1. The van der Waals surface area contributed by atoms with E-state index in [1.807, 2.05) is 12.3 Å². The molecule has 1 aromatic carbocycles. The molecule has 3 rings (SSSR count). The Balaban J connectivity index is 1.55. The highest BCUT2D eigenvalue weighted by molar-refractivity contribution is 7.09. The number of hydrogen-bond donors (Lipinski definition) is 1. The largest absolute Gasteiger partial charge is 0.484 e. The van der Waals surface area contributed by atoms with Gasteiger partial charge in [-0.05, 0) is 25.1 Å². The molecule has 0 atom stereocenters. The number of aromatic nitrogens is 2. The lowest BCUT2D eigenvalue weighted by molar-refractivity contribution is -0.137. The van der Waals surface area contributed by atoms with Gasteiger partial charge in [-0.3, -0.25) is 4.79 Å². The van der Waals surface area contributed by atoms with E-state index < -0.39 is 17.6 Å². The maximum Gasteiger partial charge on any atom is 0.416 e. The molecule has 6 nitrogen and oxygen atoms in total. The number of halogens is 3. The van der Waals surface area contributed by atoms with Crippen LogP contribution in [0, 0.1) is 6.92 Å². The van der Waals surface area contributed by atoms with Crippen molar-refractivity contribution in [3.63, 3.8) is 0 Å². The first-order valence-corrected chi connectivity index (χ1v) is 8.63. The number of amides is 1. The second-order valence-corrected chi connectivity index (χ2v) is 6.54. The molecule has 0 saturated carbocycles. The number of carbonyl (C=O) groups is 1. The lowest BCUT2D eigenvalue weighted by Gasteiger charge is -2.09. The van der Waals surface area contributed by atoms with Crippen molar-refractivity contribution in [2.24, 2.45) is 0 Å². The van der Waals surface area contributed by atoms with E-state index in [9.17, 15) is 18.0 Å². The first-order chi connectivity index (χ1) is 12.8. The maximum absolute atomic E-state index is 12.7. The second kappa shape index (κ2) is 7.78. The van der Waals surface area contributed by atoms with Crippen LogP contribution in [0.2, 0.25) is 0 Å². The minimum absolute atomic E-state index is 0.0212. The van der Waals surface area contributed by atoms with Crippen LogP contribution < -0.4 is 10.1 Å². The first kappa shape index (κ1) is 18.9. The summed E-state index contributed by atoms with van der Waals surface area (Å²) < 4.78 is 48.4. The number of aryl methyl sites for hydroxylation is 1. The lowest BCUT2D eigenvalue weighted by Crippen LogP contribution is -2.23. The van der Waals surface area contributed by atoms with Gasteiger partial charge in [-0.25, -0.2) is 9.97 Å². The van der Waals surface area contributed by atoms with E-state index >= 15 is 0 Å². The van der Waals surface area contributed by atoms with Crippen LogP contribution in [0.1, 0.15) is 32.6 Å². The molecule has 0 aliphatic heterocycles. The third-order valence-electron chi connectivity index (χ3n) is 3.40. The van der Waals surface area contributed by atoms with Crippen LogP contribution in [0.15, 0.2) is 40.3 Å². The third kappa shape index (κ3) is 5.07. The number of alkyl halides is 3.